The van der Waals surface area contributed by atoms with Crippen LogP contribution in [0.2, 0.25) is 0 Å². The van der Waals surface area contributed by atoms with E-state index in [1.54, 1.807) is 11.3 Å². The van der Waals surface area contributed by atoms with Crippen molar-refractivity contribution in [3.63, 3.8) is 0 Å². The average Bonchev–Trinajstić information content (AvgIpc) is 3.17. The van der Waals surface area contributed by atoms with Gasteiger partial charge in [-0.25, -0.2) is 4.98 Å². The zero-order chi connectivity index (χ0) is 14.7. The molecule has 3 heterocycles. The van der Waals surface area contributed by atoms with E-state index in [9.17, 15) is 0 Å². The van der Waals surface area contributed by atoms with E-state index in [4.69, 9.17) is 0 Å². The molecule has 2 aromatic rings. The molecule has 0 saturated carbocycles. The highest BCUT2D eigenvalue weighted by Crippen LogP contribution is 2.19. The van der Waals surface area contributed by atoms with E-state index in [0.717, 1.165) is 50.0 Å². The van der Waals surface area contributed by atoms with Gasteiger partial charge in [0.2, 0.25) is 0 Å². The number of nitrogens with one attached hydrogen (secondary N) is 1. The van der Waals surface area contributed by atoms with Crippen molar-refractivity contribution in [3.05, 3.63) is 28.0 Å². The van der Waals surface area contributed by atoms with Gasteiger partial charge in [-0.15, -0.1) is 28.8 Å². The van der Waals surface area contributed by atoms with Gasteiger partial charge in [0.15, 0.2) is 0 Å². The van der Waals surface area contributed by atoms with Crippen molar-refractivity contribution >= 4 is 23.7 Å². The SMILES string of the molecule is Cc1ncsc1CN(Cc1cnnn1C)CC1CCNC1.Cl. The van der Waals surface area contributed by atoms with Gasteiger partial charge >= 0.3 is 0 Å². The Bertz CT molecular complexity index is 535. The second kappa shape index (κ2) is 8.01. The Balaban J connectivity index is 0.00000176. The Kier molecular flexibility index (Phi) is 6.31. The van der Waals surface area contributed by atoms with E-state index in [-0.39, 0.29) is 12.4 Å². The van der Waals surface area contributed by atoms with Crippen molar-refractivity contribution in [1.29, 1.82) is 0 Å². The van der Waals surface area contributed by atoms with Crippen LogP contribution in [0.15, 0.2) is 11.7 Å². The summed E-state index contributed by atoms with van der Waals surface area (Å²) in [5.41, 5.74) is 4.24. The molecule has 1 aliphatic rings. The highest BCUT2D eigenvalue weighted by Gasteiger charge is 2.20. The lowest BCUT2D eigenvalue weighted by Gasteiger charge is -2.24. The van der Waals surface area contributed by atoms with Crippen LogP contribution in [0.1, 0.15) is 22.7 Å². The van der Waals surface area contributed by atoms with Crippen molar-refractivity contribution in [1.82, 2.24) is 30.2 Å². The molecular formula is C14H23ClN6S. The van der Waals surface area contributed by atoms with Crippen LogP contribution in [0.4, 0.5) is 0 Å². The molecule has 8 heteroatoms. The third-order valence-electron chi connectivity index (χ3n) is 4.08. The number of hydrogen-bond donors (Lipinski definition) is 1. The summed E-state index contributed by atoms with van der Waals surface area (Å²) in [4.78, 5) is 8.22. The molecule has 1 saturated heterocycles. The molecule has 22 heavy (non-hydrogen) atoms. The van der Waals surface area contributed by atoms with E-state index in [1.165, 1.54) is 11.3 Å². The van der Waals surface area contributed by atoms with Crippen LogP contribution >= 0.6 is 23.7 Å². The Morgan fingerprint density at radius 1 is 1.45 bits per heavy atom. The van der Waals surface area contributed by atoms with Gasteiger partial charge in [-0.05, 0) is 32.4 Å². The molecule has 1 atom stereocenters. The Morgan fingerprint density at radius 3 is 2.91 bits per heavy atom. The fraction of sp³-hybridized carbons (Fsp3) is 0.643. The summed E-state index contributed by atoms with van der Waals surface area (Å²) in [6, 6.07) is 0. The fourth-order valence-corrected chi connectivity index (χ4v) is 3.60. The second-order valence-electron chi connectivity index (χ2n) is 5.74. The van der Waals surface area contributed by atoms with Gasteiger partial charge in [0.05, 0.1) is 23.1 Å². The maximum atomic E-state index is 4.37. The standard InChI is InChI=1S/C14H22N6S.ClH/c1-11-14(21-10-16-11)9-20(7-12-3-4-15-5-12)8-13-6-17-18-19(13)2;/h6,10,12,15H,3-5,7-9H2,1-2H3;1H. The minimum Gasteiger partial charge on any atom is -0.316 e. The lowest BCUT2D eigenvalue weighted by molar-refractivity contribution is 0.217. The van der Waals surface area contributed by atoms with Gasteiger partial charge in [-0.2, -0.15) is 0 Å². The molecule has 1 fully saturated rings. The van der Waals surface area contributed by atoms with E-state index >= 15 is 0 Å². The van der Waals surface area contributed by atoms with Gasteiger partial charge in [-0.1, -0.05) is 5.21 Å². The maximum Gasteiger partial charge on any atom is 0.0798 e. The zero-order valence-electron chi connectivity index (χ0n) is 13.0. The van der Waals surface area contributed by atoms with Crippen molar-refractivity contribution in [3.8, 4) is 0 Å². The number of rotatable bonds is 6. The lowest BCUT2D eigenvalue weighted by Crippen LogP contribution is -2.30. The monoisotopic (exact) mass is 342 g/mol. The molecular weight excluding hydrogens is 320 g/mol. The van der Waals surface area contributed by atoms with Crippen LogP contribution in [-0.4, -0.2) is 44.5 Å². The topological polar surface area (TPSA) is 58.9 Å². The molecule has 3 rings (SSSR count). The molecule has 0 radical (unpaired) electrons. The summed E-state index contributed by atoms with van der Waals surface area (Å²) in [6.45, 7) is 7.31. The van der Waals surface area contributed by atoms with Gasteiger partial charge in [0.25, 0.3) is 0 Å². The number of nitrogens with zero attached hydrogens (tertiary/aromatic N) is 5. The molecule has 0 spiro atoms. The number of aromatic nitrogens is 4. The van der Waals surface area contributed by atoms with Gasteiger partial charge in [-0.3, -0.25) is 9.58 Å². The zero-order valence-corrected chi connectivity index (χ0v) is 14.7. The molecule has 6 nitrogen and oxygen atoms in total. The average molecular weight is 343 g/mol. The predicted molar refractivity (Wildman–Crippen MR) is 90.2 cm³/mol. The summed E-state index contributed by atoms with van der Waals surface area (Å²) in [5, 5.41) is 11.5. The summed E-state index contributed by atoms with van der Waals surface area (Å²) < 4.78 is 1.86. The smallest absolute Gasteiger partial charge is 0.0798 e. The highest BCUT2D eigenvalue weighted by molar-refractivity contribution is 7.09. The van der Waals surface area contributed by atoms with Crippen molar-refractivity contribution in [2.75, 3.05) is 19.6 Å². The van der Waals surface area contributed by atoms with Crippen LogP contribution in [0, 0.1) is 12.8 Å². The lowest BCUT2D eigenvalue weighted by atomic mass is 10.1. The Labute approximate surface area is 141 Å². The van der Waals surface area contributed by atoms with Crippen LogP contribution in [0.5, 0.6) is 0 Å². The predicted octanol–water partition coefficient (Wildman–Crippen LogP) is 1.61. The largest absolute Gasteiger partial charge is 0.316 e. The quantitative estimate of drug-likeness (QED) is 0.864. The molecule has 1 N–H and O–H groups in total. The molecule has 0 bridgehead atoms. The highest BCUT2D eigenvalue weighted by atomic mass is 35.5. The van der Waals surface area contributed by atoms with E-state index in [1.807, 2.05) is 23.4 Å². The first-order chi connectivity index (χ1) is 10.2. The summed E-state index contributed by atoms with van der Waals surface area (Å²) in [7, 11) is 1.95. The van der Waals surface area contributed by atoms with Crippen molar-refractivity contribution in [2.24, 2.45) is 13.0 Å². The normalized spacial score (nSPS) is 17.9. The number of thiazole rings is 1. The first kappa shape index (κ1) is 17.3. The number of halogens is 1. The third kappa shape index (κ3) is 4.25. The van der Waals surface area contributed by atoms with Crippen LogP contribution in [-0.2, 0) is 20.1 Å². The molecule has 122 valence electrons. The summed E-state index contributed by atoms with van der Waals surface area (Å²) >= 11 is 1.75. The van der Waals surface area contributed by atoms with Crippen molar-refractivity contribution in [2.45, 2.75) is 26.4 Å². The number of aryl methyl sites for hydroxylation is 2. The molecule has 1 aliphatic heterocycles. The first-order valence-electron chi connectivity index (χ1n) is 7.38. The molecule has 0 aromatic carbocycles. The van der Waals surface area contributed by atoms with Crippen LogP contribution < -0.4 is 5.32 Å². The van der Waals surface area contributed by atoms with Crippen molar-refractivity contribution < 1.29 is 0 Å². The summed E-state index contributed by atoms with van der Waals surface area (Å²) in [6.07, 6.45) is 3.13. The first-order valence-corrected chi connectivity index (χ1v) is 8.26. The minimum atomic E-state index is 0. The Hall–Kier alpha value is -1.02. The maximum absolute atomic E-state index is 4.37. The van der Waals surface area contributed by atoms with Gasteiger partial charge in [0.1, 0.15) is 0 Å². The molecule has 1 unspecified atom stereocenters. The fourth-order valence-electron chi connectivity index (χ4n) is 2.78. The van der Waals surface area contributed by atoms with Gasteiger partial charge < -0.3 is 5.32 Å². The second-order valence-corrected chi connectivity index (χ2v) is 6.68. The molecule has 0 aliphatic carbocycles. The van der Waals surface area contributed by atoms with Gasteiger partial charge in [0, 0.05) is 31.6 Å². The van der Waals surface area contributed by atoms with E-state index < -0.39 is 0 Å². The summed E-state index contributed by atoms with van der Waals surface area (Å²) in [5.74, 6) is 0.736. The van der Waals surface area contributed by atoms with Crippen LogP contribution in [0.25, 0.3) is 0 Å². The van der Waals surface area contributed by atoms with Crippen LogP contribution in [0.3, 0.4) is 0 Å². The third-order valence-corrected chi connectivity index (χ3v) is 5.00. The Morgan fingerprint density at radius 2 is 2.32 bits per heavy atom. The molecule has 2 aromatic heterocycles. The number of hydrogen-bond acceptors (Lipinski definition) is 6. The van der Waals surface area contributed by atoms with E-state index in [2.05, 4.69) is 32.4 Å². The van der Waals surface area contributed by atoms with E-state index in [0.29, 0.717) is 0 Å². The minimum absolute atomic E-state index is 0. The molecule has 0 amide bonds.